The molecule has 0 aromatic heterocycles. The zero-order chi connectivity index (χ0) is 15.5. The Morgan fingerprint density at radius 1 is 0.478 bits per heavy atom. The van der Waals surface area contributed by atoms with Crippen molar-refractivity contribution in [2.75, 3.05) is 0 Å². The van der Waals surface area contributed by atoms with Crippen LogP contribution < -0.4 is 5.63 Å². The quantitative estimate of drug-likeness (QED) is 0.476. The molecule has 0 saturated heterocycles. The molecule has 0 bridgehead atoms. The van der Waals surface area contributed by atoms with Gasteiger partial charge in [0.05, 0.1) is 0 Å². The first-order chi connectivity index (χ1) is 11.4. The van der Waals surface area contributed by atoms with Gasteiger partial charge in [0.25, 0.3) is 0 Å². The number of benzene rings is 4. The Hall–Kier alpha value is -2.12. The number of hydrogen-bond donors (Lipinski definition) is 0. The molecular formula is C20H14O2Zr. The molecule has 4 aromatic rings. The molecule has 0 aliphatic heterocycles. The maximum atomic E-state index is 6.02. The third-order valence-electron chi connectivity index (χ3n) is 3.80. The molecule has 0 atom stereocenters. The van der Waals surface area contributed by atoms with Crippen molar-refractivity contribution in [1.82, 2.24) is 0 Å². The van der Waals surface area contributed by atoms with Gasteiger partial charge in [0.2, 0.25) is 0 Å². The van der Waals surface area contributed by atoms with Crippen LogP contribution in [0.5, 0.6) is 11.5 Å². The molecule has 3 heteroatoms. The van der Waals surface area contributed by atoms with Crippen molar-refractivity contribution < 1.29 is 29.7 Å². The van der Waals surface area contributed by atoms with Gasteiger partial charge in [0.15, 0.2) is 0 Å². The van der Waals surface area contributed by atoms with Crippen molar-refractivity contribution >= 4 is 21.5 Å². The fourth-order valence-electron chi connectivity index (χ4n) is 2.68. The van der Waals surface area contributed by atoms with Crippen LogP contribution in [0.25, 0.3) is 21.5 Å². The summed E-state index contributed by atoms with van der Waals surface area (Å²) in [4.78, 5) is 0. The van der Waals surface area contributed by atoms with E-state index in [0.29, 0.717) is 0 Å². The molecule has 0 aliphatic rings. The van der Waals surface area contributed by atoms with Crippen LogP contribution in [0.4, 0.5) is 0 Å². The standard InChI is InChI=1S/2C10H8O.Zr/c2*11-10-7-3-5-8-4-1-2-6-9(8)10;/h2*1-7,11H;/q;;+2/p-2. The molecule has 0 fully saturated rings. The van der Waals surface area contributed by atoms with E-state index in [1.54, 1.807) is 0 Å². The topological polar surface area (TPSA) is 18.5 Å². The Morgan fingerprint density at radius 3 is 1.43 bits per heavy atom. The van der Waals surface area contributed by atoms with Crippen LogP contribution in [0.1, 0.15) is 0 Å². The Bertz CT molecular complexity index is 876. The second kappa shape index (κ2) is 6.56. The van der Waals surface area contributed by atoms with E-state index in [4.69, 9.17) is 5.63 Å². The summed E-state index contributed by atoms with van der Waals surface area (Å²) in [5.74, 6) is 1.82. The molecule has 0 N–H and O–H groups in total. The molecular weight excluding hydrogens is 363 g/mol. The number of rotatable bonds is 4. The van der Waals surface area contributed by atoms with E-state index in [2.05, 4.69) is 36.4 Å². The van der Waals surface area contributed by atoms with Gasteiger partial charge in [-0.3, -0.25) is 0 Å². The van der Waals surface area contributed by atoms with Crippen molar-refractivity contribution in [3.8, 4) is 11.5 Å². The summed E-state index contributed by atoms with van der Waals surface area (Å²) in [5, 5.41) is 4.65. The van der Waals surface area contributed by atoms with Gasteiger partial charge in [0, 0.05) is 0 Å². The summed E-state index contributed by atoms with van der Waals surface area (Å²) in [6, 6.07) is 28.8. The third-order valence-corrected chi connectivity index (χ3v) is 5.29. The zero-order valence-corrected chi connectivity index (χ0v) is 14.9. The normalized spacial score (nSPS) is 10.6. The van der Waals surface area contributed by atoms with Crippen LogP contribution in [-0.2, 0) is 24.1 Å². The summed E-state index contributed by atoms with van der Waals surface area (Å²) in [5.41, 5.74) is 0. The second-order valence-electron chi connectivity index (χ2n) is 5.24. The first-order valence-electron chi connectivity index (χ1n) is 7.46. The summed E-state index contributed by atoms with van der Waals surface area (Å²) in [6.07, 6.45) is 0. The van der Waals surface area contributed by atoms with Crippen molar-refractivity contribution in [1.29, 1.82) is 0 Å². The van der Waals surface area contributed by atoms with Crippen LogP contribution >= 0.6 is 0 Å². The average Bonchev–Trinajstić information content (AvgIpc) is 2.62. The van der Waals surface area contributed by atoms with Gasteiger partial charge in [0.1, 0.15) is 0 Å². The van der Waals surface area contributed by atoms with Crippen LogP contribution in [0.3, 0.4) is 0 Å². The van der Waals surface area contributed by atoms with Gasteiger partial charge in [-0.25, -0.2) is 0 Å². The van der Waals surface area contributed by atoms with E-state index < -0.39 is 24.1 Å². The number of hydrogen-bond acceptors (Lipinski definition) is 2. The monoisotopic (exact) mass is 376 g/mol. The summed E-state index contributed by atoms with van der Waals surface area (Å²) < 4.78 is 12.0. The SMILES string of the molecule is c1ccc2c([O][Zr][O]c3cccc4ccccc34)cccc2c1. The fourth-order valence-corrected chi connectivity index (χ4v) is 4.10. The molecule has 23 heavy (non-hydrogen) atoms. The summed E-state index contributed by atoms with van der Waals surface area (Å²) in [7, 11) is 0. The predicted molar refractivity (Wildman–Crippen MR) is 89.2 cm³/mol. The van der Waals surface area contributed by atoms with Crippen molar-refractivity contribution in [2.24, 2.45) is 0 Å². The second-order valence-corrected chi connectivity index (χ2v) is 6.66. The third kappa shape index (κ3) is 3.02. The molecule has 0 heterocycles. The molecule has 0 radical (unpaired) electrons. The van der Waals surface area contributed by atoms with Gasteiger partial charge >= 0.3 is 148 Å². The Balaban J connectivity index is 1.55. The van der Waals surface area contributed by atoms with Gasteiger partial charge < -0.3 is 0 Å². The molecule has 0 aliphatic carbocycles. The minimum absolute atomic E-state index is 0.912. The molecule has 4 aromatic carbocycles. The molecule has 0 spiro atoms. The van der Waals surface area contributed by atoms with Crippen LogP contribution in [-0.4, -0.2) is 0 Å². The van der Waals surface area contributed by atoms with Gasteiger partial charge in [-0.15, -0.1) is 0 Å². The van der Waals surface area contributed by atoms with E-state index in [1.165, 1.54) is 10.8 Å². The van der Waals surface area contributed by atoms with Crippen molar-refractivity contribution in [3.63, 3.8) is 0 Å². The van der Waals surface area contributed by atoms with Crippen molar-refractivity contribution in [3.05, 3.63) is 84.9 Å². The Labute approximate surface area is 147 Å². The van der Waals surface area contributed by atoms with E-state index in [-0.39, 0.29) is 0 Å². The van der Waals surface area contributed by atoms with Crippen LogP contribution in [0.2, 0.25) is 0 Å². The molecule has 0 amide bonds. The first kappa shape index (κ1) is 14.5. The van der Waals surface area contributed by atoms with Crippen LogP contribution in [0.15, 0.2) is 84.9 Å². The zero-order valence-electron chi connectivity index (χ0n) is 12.4. The first-order valence-corrected chi connectivity index (χ1v) is 9.47. The minimum atomic E-state index is -1.46. The van der Waals surface area contributed by atoms with E-state index >= 15 is 0 Å². The Kier molecular flexibility index (Phi) is 4.13. The maximum absolute atomic E-state index is 6.02. The van der Waals surface area contributed by atoms with Gasteiger partial charge in [-0.2, -0.15) is 0 Å². The van der Waals surface area contributed by atoms with E-state index in [0.717, 1.165) is 22.3 Å². The van der Waals surface area contributed by atoms with Gasteiger partial charge in [-0.1, -0.05) is 0 Å². The fraction of sp³-hybridized carbons (Fsp3) is 0. The Morgan fingerprint density at radius 2 is 0.913 bits per heavy atom. The predicted octanol–water partition coefficient (Wildman–Crippen LogP) is 5.36. The summed E-state index contributed by atoms with van der Waals surface area (Å²) in [6.45, 7) is 0. The van der Waals surface area contributed by atoms with Crippen molar-refractivity contribution in [2.45, 2.75) is 0 Å². The molecule has 2 nitrogen and oxygen atoms in total. The molecule has 0 unspecified atom stereocenters. The molecule has 110 valence electrons. The summed E-state index contributed by atoms with van der Waals surface area (Å²) >= 11 is -1.46. The average molecular weight is 378 g/mol. The number of fused-ring (bicyclic) bond motifs is 2. The van der Waals surface area contributed by atoms with Gasteiger partial charge in [-0.05, 0) is 0 Å². The molecule has 4 rings (SSSR count). The van der Waals surface area contributed by atoms with Crippen LogP contribution in [0, 0.1) is 0 Å². The van der Waals surface area contributed by atoms with E-state index in [9.17, 15) is 0 Å². The molecule has 0 saturated carbocycles. The van der Waals surface area contributed by atoms with E-state index in [1.807, 2.05) is 48.5 Å².